The van der Waals surface area contributed by atoms with Crippen molar-refractivity contribution in [3.63, 3.8) is 0 Å². The van der Waals surface area contributed by atoms with Crippen molar-refractivity contribution in [2.45, 2.75) is 34.6 Å². The summed E-state index contributed by atoms with van der Waals surface area (Å²) >= 11 is 0. The Morgan fingerprint density at radius 3 is 1.67 bits per heavy atom. The predicted octanol–water partition coefficient (Wildman–Crippen LogP) is 2.14. The first kappa shape index (κ1) is 11.1. The van der Waals surface area contributed by atoms with Crippen LogP contribution in [0.3, 0.4) is 0 Å². The van der Waals surface area contributed by atoms with Crippen LogP contribution in [0.2, 0.25) is 0 Å². The third-order valence-corrected chi connectivity index (χ3v) is 2.38. The normalized spacial score (nSPS) is 15.1. The van der Waals surface area contributed by atoms with E-state index in [2.05, 4.69) is 0 Å². The van der Waals surface area contributed by atoms with E-state index in [4.69, 9.17) is 0 Å². The number of ketones is 2. The molecule has 0 radical (unpaired) electrons. The molecule has 0 saturated carbocycles. The summed E-state index contributed by atoms with van der Waals surface area (Å²) in [6.07, 6.45) is 0. The Bertz CT molecular complexity index is 236. The summed E-state index contributed by atoms with van der Waals surface area (Å²) in [5.74, 6) is 0.0163. The summed E-state index contributed by atoms with van der Waals surface area (Å²) in [5, 5.41) is 0. The van der Waals surface area contributed by atoms with Gasteiger partial charge in [-0.25, -0.2) is 0 Å². The molecule has 0 aromatic heterocycles. The Morgan fingerprint density at radius 2 is 1.42 bits per heavy atom. The highest BCUT2D eigenvalue weighted by molar-refractivity contribution is 5.94. The number of carbonyl (C=O) groups excluding carboxylic acids is 2. The Morgan fingerprint density at radius 1 is 1.00 bits per heavy atom. The fraction of sp³-hybridized carbons (Fsp3) is 0.600. The first-order valence-corrected chi connectivity index (χ1v) is 4.06. The lowest BCUT2D eigenvalue weighted by molar-refractivity contribution is -0.119. The van der Waals surface area contributed by atoms with Gasteiger partial charge in [0.05, 0.1) is 0 Å². The molecule has 2 heteroatoms. The molecule has 1 unspecified atom stereocenters. The van der Waals surface area contributed by atoms with Crippen LogP contribution in [0.4, 0.5) is 0 Å². The molecule has 0 spiro atoms. The van der Waals surface area contributed by atoms with Crippen LogP contribution in [-0.2, 0) is 9.59 Å². The maximum atomic E-state index is 11.0. The fourth-order valence-corrected chi connectivity index (χ4v) is 0.907. The molecule has 0 aliphatic rings. The van der Waals surface area contributed by atoms with Gasteiger partial charge < -0.3 is 0 Å². The zero-order valence-corrected chi connectivity index (χ0v) is 8.39. The van der Waals surface area contributed by atoms with Gasteiger partial charge in [-0.1, -0.05) is 12.5 Å². The van der Waals surface area contributed by atoms with Gasteiger partial charge in [-0.05, 0) is 33.3 Å². The first-order valence-electron chi connectivity index (χ1n) is 4.06. The highest BCUT2D eigenvalue weighted by atomic mass is 16.1. The molecule has 0 aromatic rings. The summed E-state index contributed by atoms with van der Waals surface area (Å²) < 4.78 is 0. The lowest BCUT2D eigenvalue weighted by atomic mass is 9.93. The molecular weight excluding hydrogens is 152 g/mol. The second-order valence-electron chi connectivity index (χ2n) is 3.20. The predicted molar refractivity (Wildman–Crippen MR) is 48.9 cm³/mol. The van der Waals surface area contributed by atoms with Crippen LogP contribution in [0.5, 0.6) is 0 Å². The van der Waals surface area contributed by atoms with E-state index in [1.807, 2.05) is 13.8 Å². The number of Topliss-reactive ketones (excluding diaryl/α,β-unsaturated/α-hetero) is 2. The Balaban J connectivity index is 4.78. The summed E-state index contributed by atoms with van der Waals surface area (Å²) in [7, 11) is 0. The average Bonchev–Trinajstić information content (AvgIpc) is 2.00. The second kappa shape index (κ2) is 4.19. The molecule has 0 N–H and O–H groups in total. The number of hydrogen-bond acceptors (Lipinski definition) is 2. The van der Waals surface area contributed by atoms with Crippen molar-refractivity contribution in [1.29, 1.82) is 0 Å². The molecule has 0 aliphatic carbocycles. The fourth-order valence-electron chi connectivity index (χ4n) is 0.907. The lowest BCUT2D eigenvalue weighted by Gasteiger charge is -2.10. The van der Waals surface area contributed by atoms with Gasteiger partial charge in [0.1, 0.15) is 5.78 Å². The van der Waals surface area contributed by atoms with E-state index in [1.54, 1.807) is 13.8 Å². The minimum absolute atomic E-state index is 0.0422. The summed E-state index contributed by atoms with van der Waals surface area (Å²) in [5.41, 5.74) is 1.59. The first-order chi connectivity index (χ1) is 5.37. The molecule has 0 bridgehead atoms. The Hall–Kier alpha value is -0.920. The van der Waals surface area contributed by atoms with Crippen molar-refractivity contribution in [3.05, 3.63) is 11.1 Å². The van der Waals surface area contributed by atoms with Gasteiger partial charge in [-0.2, -0.15) is 0 Å². The third-order valence-electron chi connectivity index (χ3n) is 2.38. The van der Waals surface area contributed by atoms with Crippen LogP contribution in [-0.4, -0.2) is 11.6 Å². The molecule has 0 fully saturated rings. The van der Waals surface area contributed by atoms with Gasteiger partial charge in [0.15, 0.2) is 5.78 Å². The van der Waals surface area contributed by atoms with Crippen LogP contribution < -0.4 is 0 Å². The SMILES string of the molecule is CC(=O)/C(C)=C(\C)C(C)C(C)=O. The summed E-state index contributed by atoms with van der Waals surface area (Å²) in [6.45, 7) is 8.48. The third kappa shape index (κ3) is 2.61. The van der Waals surface area contributed by atoms with Crippen molar-refractivity contribution in [3.8, 4) is 0 Å². The maximum absolute atomic E-state index is 11.0. The molecule has 1 atom stereocenters. The van der Waals surface area contributed by atoms with Gasteiger partial charge in [0, 0.05) is 5.92 Å². The largest absolute Gasteiger partial charge is 0.299 e. The van der Waals surface area contributed by atoms with E-state index < -0.39 is 0 Å². The lowest BCUT2D eigenvalue weighted by Crippen LogP contribution is -2.11. The van der Waals surface area contributed by atoms with E-state index in [1.165, 1.54) is 6.92 Å². The molecule has 12 heavy (non-hydrogen) atoms. The smallest absolute Gasteiger partial charge is 0.155 e. The molecule has 0 rings (SSSR count). The van der Waals surface area contributed by atoms with Crippen LogP contribution >= 0.6 is 0 Å². The van der Waals surface area contributed by atoms with Gasteiger partial charge in [-0.3, -0.25) is 9.59 Å². The number of rotatable bonds is 3. The number of allylic oxidation sites excluding steroid dienone is 2. The van der Waals surface area contributed by atoms with Gasteiger partial charge in [0.25, 0.3) is 0 Å². The van der Waals surface area contributed by atoms with Gasteiger partial charge in [0.2, 0.25) is 0 Å². The zero-order chi connectivity index (χ0) is 9.89. The van der Waals surface area contributed by atoms with E-state index in [0.717, 1.165) is 5.57 Å². The van der Waals surface area contributed by atoms with Crippen molar-refractivity contribution >= 4 is 11.6 Å². The summed E-state index contributed by atoms with van der Waals surface area (Å²) in [6, 6.07) is 0. The molecule has 2 nitrogen and oxygen atoms in total. The van der Waals surface area contributed by atoms with Crippen molar-refractivity contribution in [2.75, 3.05) is 0 Å². The van der Waals surface area contributed by atoms with Crippen molar-refractivity contribution in [2.24, 2.45) is 5.92 Å². The number of carbonyl (C=O) groups is 2. The Labute approximate surface area is 73.7 Å². The van der Waals surface area contributed by atoms with Gasteiger partial charge >= 0.3 is 0 Å². The van der Waals surface area contributed by atoms with Crippen LogP contribution in [0.15, 0.2) is 11.1 Å². The van der Waals surface area contributed by atoms with Crippen LogP contribution in [0, 0.1) is 5.92 Å². The number of hydrogen-bond donors (Lipinski definition) is 0. The minimum Gasteiger partial charge on any atom is -0.299 e. The molecule has 0 amide bonds. The van der Waals surface area contributed by atoms with E-state index in [0.29, 0.717) is 5.57 Å². The molecule has 68 valence electrons. The van der Waals surface area contributed by atoms with Crippen molar-refractivity contribution < 1.29 is 9.59 Å². The van der Waals surface area contributed by atoms with Gasteiger partial charge in [-0.15, -0.1) is 0 Å². The van der Waals surface area contributed by atoms with Crippen LogP contribution in [0.1, 0.15) is 34.6 Å². The summed E-state index contributed by atoms with van der Waals surface area (Å²) in [4.78, 5) is 21.9. The monoisotopic (exact) mass is 168 g/mol. The Kier molecular flexibility index (Phi) is 3.87. The maximum Gasteiger partial charge on any atom is 0.155 e. The van der Waals surface area contributed by atoms with E-state index in [9.17, 15) is 9.59 Å². The molecule has 0 aromatic carbocycles. The molecule has 0 heterocycles. The highest BCUT2D eigenvalue weighted by Crippen LogP contribution is 2.15. The topological polar surface area (TPSA) is 34.1 Å². The molecule has 0 aliphatic heterocycles. The minimum atomic E-state index is -0.131. The quantitative estimate of drug-likeness (QED) is 0.605. The zero-order valence-electron chi connectivity index (χ0n) is 8.39. The van der Waals surface area contributed by atoms with E-state index in [-0.39, 0.29) is 17.5 Å². The standard InChI is InChI=1S/C10H16O2/c1-6(7(2)9(4)11)8(3)10(5)12/h7H,1-5H3/b8-6+. The van der Waals surface area contributed by atoms with Crippen molar-refractivity contribution in [1.82, 2.24) is 0 Å². The molecular formula is C10H16O2. The van der Waals surface area contributed by atoms with E-state index >= 15 is 0 Å². The second-order valence-corrected chi connectivity index (χ2v) is 3.20. The average molecular weight is 168 g/mol. The van der Waals surface area contributed by atoms with Crippen LogP contribution in [0.25, 0.3) is 0 Å². The highest BCUT2D eigenvalue weighted by Gasteiger charge is 2.13. The molecule has 0 saturated heterocycles.